The molecule has 3 rings (SSSR count). The van der Waals surface area contributed by atoms with Gasteiger partial charge >= 0.3 is 0 Å². The van der Waals surface area contributed by atoms with Crippen molar-refractivity contribution in [3.05, 3.63) is 63.4 Å². The second kappa shape index (κ2) is 5.54. The Hall–Kier alpha value is -1.39. The van der Waals surface area contributed by atoms with E-state index in [2.05, 4.69) is 15.9 Å². The fraction of sp³-hybridized carbons (Fsp3) is 0.250. The molecule has 20 heavy (non-hydrogen) atoms. The first-order valence-corrected chi connectivity index (χ1v) is 7.30. The quantitative estimate of drug-likeness (QED) is 0.912. The van der Waals surface area contributed by atoms with E-state index in [1.165, 1.54) is 12.1 Å². The smallest absolute Gasteiger partial charge is 0.124 e. The standard InChI is InChI=1S/C16H14BrFO2/c17-15-8-12(18)3-1-11(15)9-20-13-4-5-14-10(7-13)2-6-16(14)19/h1,3-5,7-8,16,19H,2,6,9H2. The molecule has 0 aliphatic heterocycles. The minimum absolute atomic E-state index is 0.271. The molecule has 0 heterocycles. The van der Waals surface area contributed by atoms with Crippen LogP contribution in [-0.4, -0.2) is 5.11 Å². The largest absolute Gasteiger partial charge is 0.489 e. The zero-order valence-corrected chi connectivity index (χ0v) is 12.4. The Bertz CT molecular complexity index is 642. The lowest BCUT2D eigenvalue weighted by Gasteiger charge is -2.10. The third kappa shape index (κ3) is 2.72. The molecule has 0 saturated carbocycles. The average Bonchev–Trinajstić information content (AvgIpc) is 2.79. The average molecular weight is 337 g/mol. The summed E-state index contributed by atoms with van der Waals surface area (Å²) in [5, 5.41) is 9.76. The van der Waals surface area contributed by atoms with Gasteiger partial charge in [0.15, 0.2) is 0 Å². The maximum atomic E-state index is 13.0. The first-order chi connectivity index (χ1) is 9.63. The van der Waals surface area contributed by atoms with Crippen LogP contribution in [0.15, 0.2) is 40.9 Å². The van der Waals surface area contributed by atoms with Crippen molar-refractivity contribution in [1.29, 1.82) is 0 Å². The molecular weight excluding hydrogens is 323 g/mol. The van der Waals surface area contributed by atoms with Gasteiger partial charge in [0, 0.05) is 10.0 Å². The molecule has 2 aromatic rings. The number of benzene rings is 2. The third-order valence-corrected chi connectivity index (χ3v) is 4.31. The Kier molecular flexibility index (Phi) is 3.76. The molecule has 1 unspecified atom stereocenters. The van der Waals surface area contributed by atoms with Gasteiger partial charge in [-0.05, 0) is 48.2 Å². The van der Waals surface area contributed by atoms with Gasteiger partial charge in [-0.25, -0.2) is 4.39 Å². The summed E-state index contributed by atoms with van der Waals surface area (Å²) in [5.41, 5.74) is 3.04. The lowest BCUT2D eigenvalue weighted by molar-refractivity contribution is 0.180. The summed E-state index contributed by atoms with van der Waals surface area (Å²) in [6, 6.07) is 10.3. The van der Waals surface area contributed by atoms with Gasteiger partial charge in [0.2, 0.25) is 0 Å². The van der Waals surface area contributed by atoms with E-state index in [9.17, 15) is 9.50 Å². The van der Waals surface area contributed by atoms with Gasteiger partial charge in [-0.1, -0.05) is 28.1 Å². The van der Waals surface area contributed by atoms with E-state index >= 15 is 0 Å². The van der Waals surface area contributed by atoms with E-state index in [0.29, 0.717) is 11.1 Å². The fourth-order valence-electron chi connectivity index (χ4n) is 2.46. The summed E-state index contributed by atoms with van der Waals surface area (Å²) in [7, 11) is 0. The predicted molar refractivity (Wildman–Crippen MR) is 78.2 cm³/mol. The molecule has 1 aliphatic rings. The summed E-state index contributed by atoms with van der Waals surface area (Å²) in [6.45, 7) is 0.377. The van der Waals surface area contributed by atoms with Gasteiger partial charge in [0.05, 0.1) is 6.10 Å². The lowest BCUT2D eigenvalue weighted by Crippen LogP contribution is -1.98. The summed E-state index contributed by atoms with van der Waals surface area (Å²) < 4.78 is 19.4. The monoisotopic (exact) mass is 336 g/mol. The maximum absolute atomic E-state index is 13.0. The first-order valence-electron chi connectivity index (χ1n) is 6.51. The highest BCUT2D eigenvalue weighted by Crippen LogP contribution is 2.33. The second-order valence-electron chi connectivity index (χ2n) is 4.94. The van der Waals surface area contributed by atoms with E-state index in [1.54, 1.807) is 6.07 Å². The van der Waals surface area contributed by atoms with Gasteiger partial charge in [-0.15, -0.1) is 0 Å². The number of aliphatic hydroxyl groups excluding tert-OH is 1. The highest BCUT2D eigenvalue weighted by atomic mass is 79.9. The van der Waals surface area contributed by atoms with E-state index in [1.807, 2.05) is 18.2 Å². The number of rotatable bonds is 3. The van der Waals surface area contributed by atoms with Crippen molar-refractivity contribution in [2.45, 2.75) is 25.6 Å². The third-order valence-electron chi connectivity index (χ3n) is 3.57. The summed E-state index contributed by atoms with van der Waals surface area (Å²) in [4.78, 5) is 0. The molecule has 0 fully saturated rings. The molecule has 104 valence electrons. The summed E-state index contributed by atoms with van der Waals surface area (Å²) >= 11 is 3.33. The topological polar surface area (TPSA) is 29.5 Å². The Morgan fingerprint density at radius 3 is 2.90 bits per heavy atom. The first kappa shape index (κ1) is 13.6. The molecule has 2 nitrogen and oxygen atoms in total. The van der Waals surface area contributed by atoms with Crippen molar-refractivity contribution in [1.82, 2.24) is 0 Å². The van der Waals surface area contributed by atoms with Crippen molar-refractivity contribution in [3.63, 3.8) is 0 Å². The molecule has 1 atom stereocenters. The van der Waals surface area contributed by atoms with Crippen molar-refractivity contribution >= 4 is 15.9 Å². The molecule has 0 bridgehead atoms. The van der Waals surface area contributed by atoms with E-state index in [4.69, 9.17) is 4.74 Å². The van der Waals surface area contributed by atoms with E-state index in [0.717, 1.165) is 35.3 Å². The van der Waals surface area contributed by atoms with Gasteiger partial charge in [-0.3, -0.25) is 0 Å². The van der Waals surface area contributed by atoms with Gasteiger partial charge in [-0.2, -0.15) is 0 Å². The Labute approximate surface area is 125 Å². The molecule has 0 aromatic heterocycles. The highest BCUT2D eigenvalue weighted by Gasteiger charge is 2.20. The molecule has 4 heteroatoms. The van der Waals surface area contributed by atoms with Crippen molar-refractivity contribution in [2.24, 2.45) is 0 Å². The predicted octanol–water partition coefficient (Wildman–Crippen LogP) is 4.15. The van der Waals surface area contributed by atoms with E-state index in [-0.39, 0.29) is 11.9 Å². The Morgan fingerprint density at radius 1 is 1.25 bits per heavy atom. The highest BCUT2D eigenvalue weighted by molar-refractivity contribution is 9.10. The van der Waals surface area contributed by atoms with Crippen LogP contribution in [0.3, 0.4) is 0 Å². The van der Waals surface area contributed by atoms with Crippen LogP contribution in [0.1, 0.15) is 29.2 Å². The second-order valence-corrected chi connectivity index (χ2v) is 5.79. The van der Waals surface area contributed by atoms with Crippen molar-refractivity contribution < 1.29 is 14.2 Å². The minimum Gasteiger partial charge on any atom is -0.489 e. The van der Waals surface area contributed by atoms with Crippen LogP contribution in [0.2, 0.25) is 0 Å². The maximum Gasteiger partial charge on any atom is 0.124 e. The van der Waals surface area contributed by atoms with Crippen LogP contribution in [0, 0.1) is 5.82 Å². The number of aryl methyl sites for hydroxylation is 1. The summed E-state index contributed by atoms with van der Waals surface area (Å²) in [6.07, 6.45) is 1.32. The molecular formula is C16H14BrFO2. The SMILES string of the molecule is OC1CCc2cc(OCc3ccc(F)cc3Br)ccc21. The lowest BCUT2D eigenvalue weighted by atomic mass is 10.1. The van der Waals surface area contributed by atoms with Crippen LogP contribution in [0.5, 0.6) is 5.75 Å². The number of aliphatic hydroxyl groups is 1. The van der Waals surface area contributed by atoms with E-state index < -0.39 is 0 Å². The number of hydrogen-bond acceptors (Lipinski definition) is 2. The molecule has 0 radical (unpaired) electrons. The van der Waals surface area contributed by atoms with Crippen LogP contribution in [0.25, 0.3) is 0 Å². The molecule has 1 N–H and O–H groups in total. The van der Waals surface area contributed by atoms with Gasteiger partial charge in [0.1, 0.15) is 18.2 Å². The van der Waals surface area contributed by atoms with Crippen molar-refractivity contribution in [3.8, 4) is 5.75 Å². The van der Waals surface area contributed by atoms with Crippen LogP contribution in [0.4, 0.5) is 4.39 Å². The fourth-order valence-corrected chi connectivity index (χ4v) is 2.93. The zero-order valence-electron chi connectivity index (χ0n) is 10.8. The molecule has 1 aliphatic carbocycles. The van der Waals surface area contributed by atoms with Crippen molar-refractivity contribution in [2.75, 3.05) is 0 Å². The number of fused-ring (bicyclic) bond motifs is 1. The molecule has 2 aromatic carbocycles. The molecule has 0 amide bonds. The summed E-state index contributed by atoms with van der Waals surface area (Å²) in [5.74, 6) is 0.501. The van der Waals surface area contributed by atoms with Gasteiger partial charge < -0.3 is 9.84 Å². The Morgan fingerprint density at radius 2 is 2.10 bits per heavy atom. The number of ether oxygens (including phenoxy) is 1. The number of halogens is 2. The Balaban J connectivity index is 1.73. The minimum atomic E-state index is -0.342. The van der Waals surface area contributed by atoms with Gasteiger partial charge in [0.25, 0.3) is 0 Å². The van der Waals surface area contributed by atoms with Crippen LogP contribution >= 0.6 is 15.9 Å². The normalized spacial score (nSPS) is 17.1. The molecule has 0 saturated heterocycles. The molecule has 0 spiro atoms. The van der Waals surface area contributed by atoms with Crippen LogP contribution in [-0.2, 0) is 13.0 Å². The number of hydrogen-bond donors (Lipinski definition) is 1. The zero-order chi connectivity index (χ0) is 14.1. The van der Waals surface area contributed by atoms with Crippen LogP contribution < -0.4 is 4.74 Å².